The molecule has 0 aromatic carbocycles. The Morgan fingerprint density at radius 2 is 1.58 bits per heavy atom. The molecule has 0 saturated heterocycles. The molecule has 4 nitrogen and oxygen atoms in total. The van der Waals surface area contributed by atoms with E-state index >= 15 is 0 Å². The fraction of sp³-hybridized carbons (Fsp3) is 0.632. The second kappa shape index (κ2) is 7.60. The van der Waals surface area contributed by atoms with Crippen molar-refractivity contribution in [3.05, 3.63) is 28.2 Å². The molecule has 0 aliphatic carbocycles. The van der Waals surface area contributed by atoms with E-state index in [-0.39, 0.29) is 0 Å². The van der Waals surface area contributed by atoms with E-state index in [1.165, 1.54) is 16.4 Å². The van der Waals surface area contributed by atoms with E-state index in [0.29, 0.717) is 23.7 Å². The van der Waals surface area contributed by atoms with Gasteiger partial charge in [-0.15, -0.1) is 0 Å². The fourth-order valence-electron chi connectivity index (χ4n) is 3.09. The van der Waals surface area contributed by atoms with Crippen molar-refractivity contribution >= 4 is 22.9 Å². The second-order valence-corrected chi connectivity index (χ2v) is 8.31. The van der Waals surface area contributed by atoms with Crippen LogP contribution in [0.25, 0.3) is 0 Å². The molecule has 0 spiro atoms. The Hall–Kier alpha value is -1.49. The van der Waals surface area contributed by atoms with Crippen molar-refractivity contribution in [1.82, 2.24) is 4.37 Å². The van der Waals surface area contributed by atoms with Crippen LogP contribution in [0, 0.1) is 0 Å². The van der Waals surface area contributed by atoms with Crippen molar-refractivity contribution in [1.29, 1.82) is 0 Å². The van der Waals surface area contributed by atoms with Crippen LogP contribution in [0.3, 0.4) is 0 Å². The number of aromatic nitrogens is 1. The van der Waals surface area contributed by atoms with Crippen molar-refractivity contribution in [3.8, 4) is 0 Å². The van der Waals surface area contributed by atoms with E-state index in [9.17, 15) is 0 Å². The van der Waals surface area contributed by atoms with E-state index in [0.717, 1.165) is 41.2 Å². The second-order valence-electron chi connectivity index (χ2n) is 7.50. The van der Waals surface area contributed by atoms with Crippen LogP contribution in [0.1, 0.15) is 100.0 Å². The summed E-state index contributed by atoms with van der Waals surface area (Å²) >= 11 is 1.54. The predicted molar refractivity (Wildman–Crippen MR) is 104 cm³/mol. The van der Waals surface area contributed by atoms with Crippen molar-refractivity contribution in [2.75, 3.05) is 11.5 Å². The van der Waals surface area contributed by atoms with Gasteiger partial charge in [-0.25, -0.2) is 0 Å². The van der Waals surface area contributed by atoms with E-state index in [1.54, 1.807) is 0 Å². The maximum absolute atomic E-state index is 6.29. The number of anilines is 2. The summed E-state index contributed by atoms with van der Waals surface area (Å²) in [7, 11) is 0. The maximum Gasteiger partial charge on any atom is 0.129 e. The Morgan fingerprint density at radius 3 is 2.08 bits per heavy atom. The Bertz CT molecular complexity index is 614. The third-order valence-corrected chi connectivity index (χ3v) is 5.94. The number of rotatable bonds is 7. The van der Waals surface area contributed by atoms with Gasteiger partial charge in [0.05, 0.1) is 28.2 Å². The molecule has 0 bridgehead atoms. The average molecular weight is 350 g/mol. The first-order chi connectivity index (χ1) is 11.2. The van der Waals surface area contributed by atoms with Gasteiger partial charge in [0.2, 0.25) is 0 Å². The number of hydrogen-bond acceptors (Lipinski definition) is 5. The highest BCUT2D eigenvalue weighted by Crippen LogP contribution is 2.38. The van der Waals surface area contributed by atoms with Crippen LogP contribution < -0.4 is 11.5 Å². The van der Waals surface area contributed by atoms with Gasteiger partial charge < -0.3 is 15.9 Å². The lowest BCUT2D eigenvalue weighted by Crippen LogP contribution is -2.04. The van der Waals surface area contributed by atoms with E-state index in [2.05, 4.69) is 45.9 Å². The molecule has 0 fully saturated rings. The SMILES string of the molecule is CC(C)c1coc(C(C)CCC(C)c2nsc(C(C)C)c2N)c1N. The molecule has 134 valence electrons. The Morgan fingerprint density at radius 1 is 0.958 bits per heavy atom. The van der Waals surface area contributed by atoms with Gasteiger partial charge in [-0.2, -0.15) is 4.37 Å². The molecule has 24 heavy (non-hydrogen) atoms. The molecule has 2 rings (SSSR count). The summed E-state index contributed by atoms with van der Waals surface area (Å²) in [6.07, 6.45) is 3.83. The molecule has 2 heterocycles. The van der Waals surface area contributed by atoms with Gasteiger partial charge in [0.15, 0.2) is 0 Å². The van der Waals surface area contributed by atoms with E-state index < -0.39 is 0 Å². The van der Waals surface area contributed by atoms with Gasteiger partial charge in [0.1, 0.15) is 5.76 Å². The zero-order valence-corrected chi connectivity index (χ0v) is 16.5. The van der Waals surface area contributed by atoms with Crippen LogP contribution >= 0.6 is 11.5 Å². The van der Waals surface area contributed by atoms with Gasteiger partial charge in [-0.1, -0.05) is 41.5 Å². The Balaban J connectivity index is 2.02. The van der Waals surface area contributed by atoms with Crippen LogP contribution in [0.15, 0.2) is 10.7 Å². The number of hydrogen-bond donors (Lipinski definition) is 2. The maximum atomic E-state index is 6.29. The predicted octanol–water partition coefficient (Wildman–Crippen LogP) is 5.83. The molecule has 0 saturated carbocycles. The van der Waals surface area contributed by atoms with Gasteiger partial charge in [-0.05, 0) is 36.2 Å². The molecular formula is C19H31N3OS. The van der Waals surface area contributed by atoms with Gasteiger partial charge in [0, 0.05) is 17.4 Å². The molecular weight excluding hydrogens is 318 g/mol. The van der Waals surface area contributed by atoms with E-state index in [4.69, 9.17) is 15.9 Å². The van der Waals surface area contributed by atoms with Crippen LogP contribution in [0.2, 0.25) is 0 Å². The first-order valence-corrected chi connectivity index (χ1v) is 9.62. The molecule has 2 aromatic rings. The van der Waals surface area contributed by atoms with E-state index in [1.807, 2.05) is 6.26 Å². The normalized spacial score (nSPS) is 14.5. The van der Waals surface area contributed by atoms with Crippen molar-refractivity contribution in [2.24, 2.45) is 0 Å². The highest BCUT2D eigenvalue weighted by Gasteiger charge is 2.22. The minimum atomic E-state index is 0.296. The van der Waals surface area contributed by atoms with Crippen LogP contribution in [-0.2, 0) is 0 Å². The van der Waals surface area contributed by atoms with Crippen LogP contribution in [0.4, 0.5) is 11.4 Å². The summed E-state index contributed by atoms with van der Waals surface area (Å²) in [5.74, 6) is 2.37. The number of nitrogens with two attached hydrogens (primary N) is 2. The third kappa shape index (κ3) is 3.77. The molecule has 4 N–H and O–H groups in total. The number of nitrogen functional groups attached to an aromatic ring is 2. The van der Waals surface area contributed by atoms with Crippen molar-refractivity contribution in [2.45, 2.75) is 78.1 Å². The molecule has 2 unspecified atom stereocenters. The van der Waals surface area contributed by atoms with Crippen molar-refractivity contribution < 1.29 is 4.42 Å². The standard InChI is InChI=1S/C19H31N3OS/c1-10(2)14-9-23-18(15(14)20)13(6)8-7-12(5)17-16(21)19(11(3)4)24-22-17/h9-13H,7-8,20-21H2,1-6H3. The molecule has 0 amide bonds. The van der Waals surface area contributed by atoms with Gasteiger partial charge in [-0.3, -0.25) is 0 Å². The fourth-order valence-corrected chi connectivity index (χ4v) is 3.98. The summed E-state index contributed by atoms with van der Waals surface area (Å²) in [6, 6.07) is 0. The lowest BCUT2D eigenvalue weighted by molar-refractivity contribution is 0.446. The summed E-state index contributed by atoms with van der Waals surface area (Å²) in [5.41, 5.74) is 16.4. The monoisotopic (exact) mass is 349 g/mol. The number of furan rings is 1. The first-order valence-electron chi connectivity index (χ1n) is 8.85. The molecule has 0 aliphatic rings. The molecule has 0 radical (unpaired) electrons. The van der Waals surface area contributed by atoms with Crippen molar-refractivity contribution in [3.63, 3.8) is 0 Å². The quantitative estimate of drug-likeness (QED) is 0.658. The molecule has 2 aromatic heterocycles. The largest absolute Gasteiger partial charge is 0.467 e. The zero-order chi connectivity index (χ0) is 18.0. The first kappa shape index (κ1) is 18.8. The lowest BCUT2D eigenvalue weighted by Gasteiger charge is -2.14. The van der Waals surface area contributed by atoms with Gasteiger partial charge >= 0.3 is 0 Å². The Kier molecular flexibility index (Phi) is 5.97. The minimum Gasteiger partial charge on any atom is -0.467 e. The minimum absolute atomic E-state index is 0.296. The molecule has 0 aliphatic heterocycles. The lowest BCUT2D eigenvalue weighted by atomic mass is 9.92. The zero-order valence-electron chi connectivity index (χ0n) is 15.7. The topological polar surface area (TPSA) is 78.1 Å². The summed E-state index contributed by atoms with van der Waals surface area (Å²) < 4.78 is 10.4. The molecule has 5 heteroatoms. The average Bonchev–Trinajstić information content (AvgIpc) is 3.07. The smallest absolute Gasteiger partial charge is 0.129 e. The third-order valence-electron chi connectivity index (χ3n) is 4.77. The molecule has 2 atom stereocenters. The highest BCUT2D eigenvalue weighted by molar-refractivity contribution is 7.06. The summed E-state index contributed by atoms with van der Waals surface area (Å²) in [5, 5.41) is 0. The number of nitrogens with zero attached hydrogens (tertiary/aromatic N) is 1. The highest BCUT2D eigenvalue weighted by atomic mass is 32.1. The Labute approximate surface area is 149 Å². The summed E-state index contributed by atoms with van der Waals surface area (Å²) in [6.45, 7) is 13.0. The van der Waals surface area contributed by atoms with Crippen LogP contribution in [-0.4, -0.2) is 4.37 Å². The van der Waals surface area contributed by atoms with Gasteiger partial charge in [0.25, 0.3) is 0 Å². The summed E-state index contributed by atoms with van der Waals surface area (Å²) in [4.78, 5) is 1.20. The van der Waals surface area contributed by atoms with Crippen LogP contribution in [0.5, 0.6) is 0 Å².